The number of carbonyl (C=O) groups is 1. The van der Waals surface area contributed by atoms with Crippen LogP contribution in [0, 0.1) is 0 Å². The Labute approximate surface area is 208 Å². The Hall–Kier alpha value is -2.49. The van der Waals surface area contributed by atoms with E-state index in [0.29, 0.717) is 13.1 Å². The number of para-hydroxylation sites is 2. The second-order valence-electron chi connectivity index (χ2n) is 7.44. The van der Waals surface area contributed by atoms with Crippen molar-refractivity contribution in [3.8, 4) is 5.75 Å². The largest absolute Gasteiger partial charge is 0.495 e. The van der Waals surface area contributed by atoms with Crippen molar-refractivity contribution in [3.05, 3.63) is 60.2 Å². The van der Waals surface area contributed by atoms with E-state index in [-0.39, 0.29) is 36.4 Å². The average molecular weight is 551 g/mol. The Bertz CT molecular complexity index is 870. The molecule has 2 aromatic carbocycles. The maximum atomic E-state index is 12.8. The number of benzene rings is 2. The minimum Gasteiger partial charge on any atom is -0.495 e. The number of rotatable bonds is 7. The number of aliphatic imine (C=N–C) groups is 1. The summed E-state index contributed by atoms with van der Waals surface area (Å²) in [7, 11) is 3.47. The molecule has 32 heavy (non-hydrogen) atoms. The molecule has 7 nitrogen and oxygen atoms in total. The number of carbonyl (C=O) groups excluding carboxylic acids is 1. The van der Waals surface area contributed by atoms with E-state index in [1.54, 1.807) is 14.2 Å². The van der Waals surface area contributed by atoms with Crippen LogP contribution in [-0.2, 0) is 11.3 Å². The van der Waals surface area contributed by atoms with Gasteiger partial charge in [-0.05, 0) is 24.6 Å². The normalized spacial score (nSPS) is 13.9. The molecule has 1 aliphatic rings. The smallest absolute Gasteiger partial charge is 0.242 e. The maximum absolute atomic E-state index is 12.8. The second kappa shape index (κ2) is 13.1. The zero-order chi connectivity index (χ0) is 22.1. The number of anilines is 1. The van der Waals surface area contributed by atoms with Gasteiger partial charge in [0.25, 0.3) is 0 Å². The third-order valence-corrected chi connectivity index (χ3v) is 5.57. The van der Waals surface area contributed by atoms with Crippen LogP contribution in [0.4, 0.5) is 5.69 Å². The summed E-state index contributed by atoms with van der Waals surface area (Å²) >= 11 is 0. The van der Waals surface area contributed by atoms with Crippen LogP contribution in [0.2, 0.25) is 0 Å². The lowest BCUT2D eigenvalue weighted by molar-refractivity contribution is -0.130. The van der Waals surface area contributed by atoms with E-state index in [2.05, 4.69) is 26.2 Å². The van der Waals surface area contributed by atoms with Crippen molar-refractivity contribution < 1.29 is 9.53 Å². The molecule has 1 aliphatic heterocycles. The summed E-state index contributed by atoms with van der Waals surface area (Å²) in [6.45, 7) is 6.92. The lowest BCUT2D eigenvalue weighted by atomic mass is 10.2. The van der Waals surface area contributed by atoms with Crippen LogP contribution in [0.5, 0.6) is 5.75 Å². The Morgan fingerprint density at radius 3 is 2.34 bits per heavy atom. The number of ether oxygens (including phenoxy) is 1. The highest BCUT2D eigenvalue weighted by Gasteiger charge is 2.22. The van der Waals surface area contributed by atoms with Gasteiger partial charge in [0, 0.05) is 46.3 Å². The van der Waals surface area contributed by atoms with E-state index < -0.39 is 0 Å². The van der Waals surface area contributed by atoms with Crippen molar-refractivity contribution in [2.45, 2.75) is 13.5 Å². The van der Waals surface area contributed by atoms with Crippen LogP contribution in [-0.4, -0.2) is 75.1 Å². The quantitative estimate of drug-likeness (QED) is 0.326. The van der Waals surface area contributed by atoms with Crippen LogP contribution < -0.4 is 15.0 Å². The van der Waals surface area contributed by atoms with Crippen LogP contribution >= 0.6 is 24.0 Å². The van der Waals surface area contributed by atoms with E-state index in [4.69, 9.17) is 4.74 Å². The SMILES string of the molecule is CCN(Cc1ccccc1)C(=O)CNC(=NC)N1CCN(c2ccccc2OC)CC1.I. The van der Waals surface area contributed by atoms with Crippen LogP contribution in [0.1, 0.15) is 12.5 Å². The van der Waals surface area contributed by atoms with Crippen molar-refractivity contribution in [2.75, 3.05) is 58.3 Å². The molecular formula is C24H34IN5O2. The van der Waals surface area contributed by atoms with Gasteiger partial charge in [-0.1, -0.05) is 42.5 Å². The van der Waals surface area contributed by atoms with E-state index in [9.17, 15) is 4.79 Å². The van der Waals surface area contributed by atoms with E-state index >= 15 is 0 Å². The average Bonchev–Trinajstić information content (AvgIpc) is 2.83. The highest BCUT2D eigenvalue weighted by atomic mass is 127. The molecule has 3 rings (SSSR count). The van der Waals surface area contributed by atoms with Gasteiger partial charge in [-0.25, -0.2) is 0 Å². The fourth-order valence-corrected chi connectivity index (χ4v) is 3.83. The molecule has 1 amide bonds. The van der Waals surface area contributed by atoms with Gasteiger partial charge in [0.2, 0.25) is 5.91 Å². The number of hydrogen-bond acceptors (Lipinski definition) is 4. The van der Waals surface area contributed by atoms with E-state index in [1.165, 1.54) is 0 Å². The Morgan fingerprint density at radius 1 is 1.06 bits per heavy atom. The molecule has 8 heteroatoms. The van der Waals surface area contributed by atoms with Gasteiger partial charge in [0.1, 0.15) is 5.75 Å². The molecule has 174 valence electrons. The second-order valence-corrected chi connectivity index (χ2v) is 7.44. The number of amides is 1. The van der Waals surface area contributed by atoms with Gasteiger partial charge >= 0.3 is 0 Å². The molecule has 1 heterocycles. The third kappa shape index (κ3) is 6.75. The number of piperazine rings is 1. The first-order valence-corrected chi connectivity index (χ1v) is 10.8. The minimum atomic E-state index is 0. The first-order valence-electron chi connectivity index (χ1n) is 10.8. The molecule has 2 aromatic rings. The van der Waals surface area contributed by atoms with Crippen molar-refractivity contribution in [1.82, 2.24) is 15.1 Å². The molecule has 0 unspecified atom stereocenters. The summed E-state index contributed by atoms with van der Waals surface area (Å²) in [5.74, 6) is 1.73. The first-order chi connectivity index (χ1) is 15.2. The van der Waals surface area contributed by atoms with Crippen molar-refractivity contribution in [1.29, 1.82) is 0 Å². The Kier molecular flexibility index (Phi) is 10.6. The molecular weight excluding hydrogens is 517 g/mol. The fourth-order valence-electron chi connectivity index (χ4n) is 3.83. The predicted molar refractivity (Wildman–Crippen MR) is 141 cm³/mol. The number of likely N-dealkylation sites (N-methyl/N-ethyl adjacent to an activating group) is 1. The number of nitrogens with one attached hydrogen (secondary N) is 1. The number of halogens is 1. The Morgan fingerprint density at radius 2 is 1.72 bits per heavy atom. The van der Waals surface area contributed by atoms with Gasteiger partial charge < -0.3 is 24.8 Å². The van der Waals surface area contributed by atoms with Gasteiger partial charge in [-0.15, -0.1) is 24.0 Å². The number of nitrogens with zero attached hydrogens (tertiary/aromatic N) is 4. The fraction of sp³-hybridized carbons (Fsp3) is 0.417. The summed E-state index contributed by atoms with van der Waals surface area (Å²) in [5.41, 5.74) is 2.25. The van der Waals surface area contributed by atoms with E-state index in [0.717, 1.165) is 49.1 Å². The zero-order valence-corrected chi connectivity index (χ0v) is 21.5. The third-order valence-electron chi connectivity index (χ3n) is 5.57. The molecule has 1 N–H and O–H groups in total. The molecule has 0 bridgehead atoms. The predicted octanol–water partition coefficient (Wildman–Crippen LogP) is 3.06. The van der Waals surface area contributed by atoms with Crippen LogP contribution in [0.25, 0.3) is 0 Å². The van der Waals surface area contributed by atoms with Gasteiger partial charge in [-0.3, -0.25) is 9.79 Å². The van der Waals surface area contributed by atoms with Gasteiger partial charge in [0.05, 0.1) is 19.3 Å². The van der Waals surface area contributed by atoms with E-state index in [1.807, 2.05) is 60.4 Å². The zero-order valence-electron chi connectivity index (χ0n) is 19.2. The van der Waals surface area contributed by atoms with Crippen LogP contribution in [0.3, 0.4) is 0 Å². The standard InChI is InChI=1S/C24H33N5O2.HI/c1-4-27(19-20-10-6-5-7-11-20)23(30)18-26-24(25-2)29-16-14-28(15-17-29)21-12-8-9-13-22(21)31-3;/h5-13H,4,14-19H2,1-3H3,(H,25,26);1H. The summed E-state index contributed by atoms with van der Waals surface area (Å²) < 4.78 is 5.50. The molecule has 0 radical (unpaired) electrons. The van der Waals surface area contributed by atoms with Gasteiger partial charge in [-0.2, -0.15) is 0 Å². The summed E-state index contributed by atoms with van der Waals surface area (Å²) in [6.07, 6.45) is 0. The molecule has 0 spiro atoms. The van der Waals surface area contributed by atoms with Crippen molar-refractivity contribution in [2.24, 2.45) is 4.99 Å². The molecule has 1 fully saturated rings. The molecule has 1 saturated heterocycles. The lowest BCUT2D eigenvalue weighted by Crippen LogP contribution is -2.54. The molecule has 0 aliphatic carbocycles. The molecule has 0 atom stereocenters. The summed E-state index contributed by atoms with van der Waals surface area (Å²) in [4.78, 5) is 23.5. The molecule has 0 saturated carbocycles. The maximum Gasteiger partial charge on any atom is 0.242 e. The van der Waals surface area contributed by atoms with Crippen LogP contribution in [0.15, 0.2) is 59.6 Å². The number of guanidine groups is 1. The van der Waals surface area contributed by atoms with Gasteiger partial charge in [0.15, 0.2) is 5.96 Å². The highest BCUT2D eigenvalue weighted by Crippen LogP contribution is 2.28. The number of hydrogen-bond donors (Lipinski definition) is 1. The minimum absolute atomic E-state index is 0. The Balaban J connectivity index is 0.00000363. The summed E-state index contributed by atoms with van der Waals surface area (Å²) in [5, 5.41) is 3.26. The lowest BCUT2D eigenvalue weighted by Gasteiger charge is -2.38. The molecule has 0 aromatic heterocycles. The topological polar surface area (TPSA) is 60.4 Å². The highest BCUT2D eigenvalue weighted by molar-refractivity contribution is 14.0. The monoisotopic (exact) mass is 551 g/mol. The summed E-state index contributed by atoms with van der Waals surface area (Å²) in [6, 6.07) is 18.2. The number of methoxy groups -OCH3 is 1. The van der Waals surface area contributed by atoms with Crippen molar-refractivity contribution in [3.63, 3.8) is 0 Å². The first kappa shape index (κ1) is 25.8. The van der Waals surface area contributed by atoms with Crippen molar-refractivity contribution >= 4 is 41.5 Å².